The molecule has 1 atom stereocenters. The van der Waals surface area contributed by atoms with E-state index in [1.165, 1.54) is 51.4 Å². The minimum absolute atomic E-state index is 0.0813. The van der Waals surface area contributed by atoms with Gasteiger partial charge in [-0.2, -0.15) is 0 Å². The summed E-state index contributed by atoms with van der Waals surface area (Å²) in [5.41, 5.74) is 0. The van der Waals surface area contributed by atoms with Crippen molar-refractivity contribution in [2.24, 2.45) is 0 Å². The number of unbranched alkanes of at least 4 members (excludes halogenated alkanes) is 15. The number of rotatable bonds is 32. The number of esters is 3. The summed E-state index contributed by atoms with van der Waals surface area (Å²) in [5, 5.41) is 0. The van der Waals surface area contributed by atoms with Crippen molar-refractivity contribution in [3.05, 3.63) is 36.5 Å². The lowest BCUT2D eigenvalue weighted by molar-refractivity contribution is -0.167. The second-order valence-corrected chi connectivity index (χ2v) is 12.1. The Morgan fingerprint density at radius 3 is 1.36 bits per heavy atom. The third kappa shape index (κ3) is 32.8. The number of hydrogen-bond acceptors (Lipinski definition) is 6. The zero-order valence-electron chi connectivity index (χ0n) is 29.4. The molecule has 0 saturated carbocycles. The zero-order valence-corrected chi connectivity index (χ0v) is 29.4. The molecule has 0 heterocycles. The molecule has 45 heavy (non-hydrogen) atoms. The fraction of sp³-hybridized carbons (Fsp3) is 0.769. The minimum Gasteiger partial charge on any atom is -0.462 e. The highest BCUT2D eigenvalue weighted by Crippen LogP contribution is 2.12. The van der Waals surface area contributed by atoms with E-state index in [0.29, 0.717) is 19.3 Å². The molecule has 0 aromatic heterocycles. The van der Waals surface area contributed by atoms with Gasteiger partial charge in [0.25, 0.3) is 0 Å². The van der Waals surface area contributed by atoms with Gasteiger partial charge in [-0.25, -0.2) is 0 Å². The van der Waals surface area contributed by atoms with Gasteiger partial charge in [-0.1, -0.05) is 141 Å². The Morgan fingerprint density at radius 2 is 0.867 bits per heavy atom. The van der Waals surface area contributed by atoms with Crippen LogP contribution in [0, 0.1) is 0 Å². The van der Waals surface area contributed by atoms with Crippen LogP contribution in [-0.4, -0.2) is 37.2 Å². The Balaban J connectivity index is 4.37. The largest absolute Gasteiger partial charge is 0.462 e. The van der Waals surface area contributed by atoms with E-state index < -0.39 is 6.10 Å². The molecule has 0 amide bonds. The Hall–Kier alpha value is -2.37. The van der Waals surface area contributed by atoms with Gasteiger partial charge in [-0.05, 0) is 51.4 Å². The van der Waals surface area contributed by atoms with E-state index >= 15 is 0 Å². The average molecular weight is 633 g/mol. The first-order chi connectivity index (χ1) is 22.0. The quantitative estimate of drug-likeness (QED) is 0.0318. The molecule has 6 nitrogen and oxygen atoms in total. The van der Waals surface area contributed by atoms with Crippen molar-refractivity contribution in [3.63, 3.8) is 0 Å². The summed E-state index contributed by atoms with van der Waals surface area (Å²) in [4.78, 5) is 37.1. The maximum atomic E-state index is 12.5. The van der Waals surface area contributed by atoms with Crippen LogP contribution in [-0.2, 0) is 28.6 Å². The van der Waals surface area contributed by atoms with Crippen LogP contribution < -0.4 is 0 Å². The summed E-state index contributed by atoms with van der Waals surface area (Å²) in [7, 11) is 0. The van der Waals surface area contributed by atoms with Crippen molar-refractivity contribution < 1.29 is 28.6 Å². The molecule has 0 saturated heterocycles. The van der Waals surface area contributed by atoms with Crippen LogP contribution in [0.15, 0.2) is 36.5 Å². The molecular weight excluding hydrogens is 564 g/mol. The first-order valence-corrected chi connectivity index (χ1v) is 18.5. The monoisotopic (exact) mass is 633 g/mol. The van der Waals surface area contributed by atoms with Crippen molar-refractivity contribution in [3.8, 4) is 0 Å². The summed E-state index contributed by atoms with van der Waals surface area (Å²) in [6, 6.07) is 0. The second kappa shape index (κ2) is 34.5. The fourth-order valence-corrected chi connectivity index (χ4v) is 4.86. The maximum Gasteiger partial charge on any atom is 0.306 e. The smallest absolute Gasteiger partial charge is 0.306 e. The topological polar surface area (TPSA) is 78.9 Å². The van der Waals surface area contributed by atoms with Crippen molar-refractivity contribution in [1.82, 2.24) is 0 Å². The molecular formula is C39H68O6. The average Bonchev–Trinajstić information content (AvgIpc) is 3.03. The number of ether oxygens (including phenoxy) is 3. The highest BCUT2D eigenvalue weighted by Gasteiger charge is 2.19. The minimum atomic E-state index is -0.772. The summed E-state index contributed by atoms with van der Waals surface area (Å²) in [6.45, 7) is 6.37. The lowest BCUT2D eigenvalue weighted by Gasteiger charge is -2.18. The van der Waals surface area contributed by atoms with E-state index in [-0.39, 0.29) is 31.1 Å². The van der Waals surface area contributed by atoms with Gasteiger partial charge in [0.05, 0.1) is 0 Å². The predicted octanol–water partition coefficient (Wildman–Crippen LogP) is 11.1. The van der Waals surface area contributed by atoms with Crippen molar-refractivity contribution in [1.29, 1.82) is 0 Å². The predicted molar refractivity (Wildman–Crippen MR) is 187 cm³/mol. The number of allylic oxidation sites excluding steroid dienone is 6. The van der Waals surface area contributed by atoms with E-state index in [1.54, 1.807) is 0 Å². The molecule has 0 N–H and O–H groups in total. The highest BCUT2D eigenvalue weighted by molar-refractivity contribution is 5.71. The molecule has 0 aromatic carbocycles. The van der Waals surface area contributed by atoms with Crippen LogP contribution in [0.3, 0.4) is 0 Å². The SMILES string of the molecule is CC/C=C\C/C=C\C/C=C\CCCCCC(=O)OCC(COC(=O)CCCCCCCC)OC(=O)CCCCCCCCCC. The Bertz CT molecular complexity index is 784. The van der Waals surface area contributed by atoms with E-state index in [0.717, 1.165) is 83.5 Å². The van der Waals surface area contributed by atoms with Crippen molar-refractivity contribution in [2.45, 2.75) is 181 Å². The summed E-state index contributed by atoms with van der Waals surface area (Å²) in [5.74, 6) is -0.934. The third-order valence-corrected chi connectivity index (χ3v) is 7.66. The van der Waals surface area contributed by atoms with E-state index in [9.17, 15) is 14.4 Å². The van der Waals surface area contributed by atoms with E-state index in [4.69, 9.17) is 14.2 Å². The summed E-state index contributed by atoms with van der Waals surface area (Å²) < 4.78 is 16.4. The lowest BCUT2D eigenvalue weighted by Crippen LogP contribution is -2.30. The third-order valence-electron chi connectivity index (χ3n) is 7.66. The molecule has 0 aliphatic carbocycles. The molecule has 0 aromatic rings. The molecule has 0 fully saturated rings. The standard InChI is InChI=1S/C39H68O6/c1-4-7-10-13-16-18-19-20-21-22-24-26-29-32-38(41)44-35-36(34-43-37(40)31-28-25-15-12-9-6-3)45-39(42)33-30-27-23-17-14-11-8-5-2/h7,10,16,18,20-21,36H,4-6,8-9,11-15,17,19,22-35H2,1-3H3/b10-7-,18-16-,21-20-. The lowest BCUT2D eigenvalue weighted by atomic mass is 10.1. The molecule has 0 spiro atoms. The van der Waals surface area contributed by atoms with Gasteiger partial charge in [-0.15, -0.1) is 0 Å². The van der Waals surface area contributed by atoms with E-state index in [2.05, 4.69) is 57.2 Å². The van der Waals surface area contributed by atoms with Crippen molar-refractivity contribution in [2.75, 3.05) is 13.2 Å². The molecule has 0 radical (unpaired) electrons. The normalized spacial score (nSPS) is 12.3. The van der Waals surface area contributed by atoms with Gasteiger partial charge >= 0.3 is 17.9 Å². The number of carbonyl (C=O) groups is 3. The fourth-order valence-electron chi connectivity index (χ4n) is 4.86. The van der Waals surface area contributed by atoms with Gasteiger partial charge in [0.2, 0.25) is 0 Å². The molecule has 6 heteroatoms. The van der Waals surface area contributed by atoms with Gasteiger partial charge in [0.15, 0.2) is 6.10 Å². The van der Waals surface area contributed by atoms with Crippen LogP contribution in [0.1, 0.15) is 175 Å². The Morgan fingerprint density at radius 1 is 0.467 bits per heavy atom. The summed E-state index contributed by atoms with van der Waals surface area (Å²) >= 11 is 0. The number of hydrogen-bond donors (Lipinski definition) is 0. The molecule has 0 aliphatic rings. The summed E-state index contributed by atoms with van der Waals surface area (Å²) in [6.07, 6.45) is 35.8. The Labute approximate surface area is 276 Å². The number of carbonyl (C=O) groups excluding carboxylic acids is 3. The molecule has 0 aliphatic heterocycles. The van der Waals surface area contributed by atoms with Crippen molar-refractivity contribution >= 4 is 17.9 Å². The van der Waals surface area contributed by atoms with Gasteiger partial charge in [0, 0.05) is 19.3 Å². The first kappa shape index (κ1) is 42.6. The molecule has 0 bridgehead atoms. The van der Waals surface area contributed by atoms with Gasteiger partial charge in [0.1, 0.15) is 13.2 Å². The maximum absolute atomic E-state index is 12.5. The molecule has 1 unspecified atom stereocenters. The Kier molecular flexibility index (Phi) is 32.7. The van der Waals surface area contributed by atoms with Crippen LogP contribution >= 0.6 is 0 Å². The van der Waals surface area contributed by atoms with Crippen LogP contribution in [0.25, 0.3) is 0 Å². The van der Waals surface area contributed by atoms with Crippen LogP contribution in [0.5, 0.6) is 0 Å². The highest BCUT2D eigenvalue weighted by atomic mass is 16.6. The molecule has 0 rings (SSSR count). The first-order valence-electron chi connectivity index (χ1n) is 18.5. The van der Waals surface area contributed by atoms with E-state index in [1.807, 2.05) is 0 Å². The van der Waals surface area contributed by atoms with Gasteiger partial charge in [-0.3, -0.25) is 14.4 Å². The molecule has 260 valence electrons. The second-order valence-electron chi connectivity index (χ2n) is 12.1. The van der Waals surface area contributed by atoms with Gasteiger partial charge < -0.3 is 14.2 Å². The van der Waals surface area contributed by atoms with Crippen LogP contribution in [0.2, 0.25) is 0 Å². The van der Waals surface area contributed by atoms with Crippen LogP contribution in [0.4, 0.5) is 0 Å². The zero-order chi connectivity index (χ0) is 33.1.